The van der Waals surface area contributed by atoms with E-state index in [1.54, 1.807) is 0 Å². The molecule has 2 heterocycles. The van der Waals surface area contributed by atoms with Crippen LogP contribution in [0.2, 0.25) is 0 Å². The van der Waals surface area contributed by atoms with Crippen molar-refractivity contribution >= 4 is 0 Å². The van der Waals surface area contributed by atoms with Gasteiger partial charge in [0.05, 0.1) is 6.61 Å². The van der Waals surface area contributed by atoms with Gasteiger partial charge in [-0.1, -0.05) is 0 Å². The Morgan fingerprint density at radius 1 is 1.41 bits per heavy atom. The fourth-order valence-electron chi connectivity index (χ4n) is 2.44. The molecule has 0 bridgehead atoms. The van der Waals surface area contributed by atoms with Crippen molar-refractivity contribution in [3.63, 3.8) is 0 Å². The number of ether oxygens (including phenoxy) is 1. The van der Waals surface area contributed by atoms with Crippen LogP contribution in [0.4, 0.5) is 0 Å². The Kier molecular flexibility index (Phi) is 4.57. The van der Waals surface area contributed by atoms with Crippen LogP contribution in [0.3, 0.4) is 0 Å². The second-order valence-electron chi connectivity index (χ2n) is 4.75. The number of likely N-dealkylation sites (tertiary alicyclic amines) is 1. The highest BCUT2D eigenvalue weighted by molar-refractivity contribution is 5.02. The molecule has 0 N–H and O–H groups in total. The summed E-state index contributed by atoms with van der Waals surface area (Å²) in [6, 6.07) is 0. The van der Waals surface area contributed by atoms with Gasteiger partial charge in [-0.05, 0) is 39.9 Å². The van der Waals surface area contributed by atoms with Crippen LogP contribution in [-0.4, -0.2) is 47.8 Å². The predicted octanol–water partition coefficient (Wildman–Crippen LogP) is 1.73. The third-order valence-electron chi connectivity index (χ3n) is 3.51. The lowest BCUT2D eigenvalue weighted by molar-refractivity contribution is 0.137. The molecule has 0 atom stereocenters. The smallest absolute Gasteiger partial charge is 0.111 e. The lowest BCUT2D eigenvalue weighted by Gasteiger charge is -2.28. The molecule has 1 aliphatic heterocycles. The molecule has 1 aromatic rings. The summed E-state index contributed by atoms with van der Waals surface area (Å²) < 4.78 is 7.66. The number of rotatable bonds is 5. The van der Waals surface area contributed by atoms with Crippen LogP contribution in [0.25, 0.3) is 0 Å². The fraction of sp³-hybridized carbons (Fsp3) is 0.769. The molecule has 1 fully saturated rings. The minimum Gasteiger partial charge on any atom is -0.380 e. The number of hydrogen-bond acceptors (Lipinski definition) is 3. The van der Waals surface area contributed by atoms with Crippen molar-refractivity contribution in [2.75, 3.05) is 33.4 Å². The minimum absolute atomic E-state index is 0.628. The number of piperidine rings is 1. The monoisotopic (exact) mass is 237 g/mol. The molecule has 2 rings (SSSR count). The first-order valence-corrected chi connectivity index (χ1v) is 6.58. The second kappa shape index (κ2) is 6.17. The zero-order valence-electron chi connectivity index (χ0n) is 10.9. The van der Waals surface area contributed by atoms with E-state index in [2.05, 4.69) is 27.7 Å². The van der Waals surface area contributed by atoms with E-state index >= 15 is 0 Å². The van der Waals surface area contributed by atoms with Gasteiger partial charge >= 0.3 is 0 Å². The highest BCUT2D eigenvalue weighted by atomic mass is 16.5. The van der Waals surface area contributed by atoms with E-state index in [1.807, 2.05) is 13.1 Å². The number of imidazole rings is 1. The lowest BCUT2D eigenvalue weighted by Crippen LogP contribution is -2.30. The Bertz CT molecular complexity index is 329. The molecule has 0 spiro atoms. The molecule has 0 aromatic carbocycles. The van der Waals surface area contributed by atoms with Gasteiger partial charge in [0, 0.05) is 31.5 Å². The third-order valence-corrected chi connectivity index (χ3v) is 3.51. The van der Waals surface area contributed by atoms with Crippen LogP contribution in [0, 0.1) is 0 Å². The van der Waals surface area contributed by atoms with Crippen molar-refractivity contribution in [2.24, 2.45) is 0 Å². The maximum atomic E-state index is 5.41. The van der Waals surface area contributed by atoms with Crippen LogP contribution >= 0.6 is 0 Å². The molecule has 1 aromatic heterocycles. The molecule has 0 amide bonds. The molecule has 0 aliphatic carbocycles. The van der Waals surface area contributed by atoms with E-state index in [-0.39, 0.29) is 0 Å². The first-order chi connectivity index (χ1) is 8.31. The van der Waals surface area contributed by atoms with Crippen molar-refractivity contribution in [2.45, 2.75) is 32.2 Å². The van der Waals surface area contributed by atoms with Crippen molar-refractivity contribution < 1.29 is 4.74 Å². The van der Waals surface area contributed by atoms with Crippen LogP contribution in [0.5, 0.6) is 0 Å². The van der Waals surface area contributed by atoms with Gasteiger partial charge in [-0.3, -0.25) is 0 Å². The van der Waals surface area contributed by atoms with E-state index in [4.69, 9.17) is 4.74 Å². The van der Waals surface area contributed by atoms with Crippen LogP contribution < -0.4 is 0 Å². The van der Waals surface area contributed by atoms with Crippen LogP contribution in [0.1, 0.15) is 31.5 Å². The molecule has 1 aliphatic rings. The zero-order chi connectivity index (χ0) is 12.1. The SMILES string of the molecule is CCOCCn1ccnc1C1CCN(C)CC1. The van der Waals surface area contributed by atoms with Crippen molar-refractivity contribution in [1.82, 2.24) is 14.5 Å². The summed E-state index contributed by atoms with van der Waals surface area (Å²) in [6.45, 7) is 6.90. The predicted molar refractivity (Wildman–Crippen MR) is 68.2 cm³/mol. The molecular formula is C13H23N3O. The van der Waals surface area contributed by atoms with Gasteiger partial charge < -0.3 is 14.2 Å². The molecule has 17 heavy (non-hydrogen) atoms. The van der Waals surface area contributed by atoms with Gasteiger partial charge in [-0.25, -0.2) is 4.98 Å². The summed E-state index contributed by atoms with van der Waals surface area (Å²) in [5, 5.41) is 0. The van der Waals surface area contributed by atoms with Gasteiger partial charge in [-0.2, -0.15) is 0 Å². The maximum absolute atomic E-state index is 5.41. The van der Waals surface area contributed by atoms with E-state index in [9.17, 15) is 0 Å². The Balaban J connectivity index is 1.93. The molecule has 0 radical (unpaired) electrons. The Morgan fingerprint density at radius 2 is 2.18 bits per heavy atom. The van der Waals surface area contributed by atoms with Crippen LogP contribution in [-0.2, 0) is 11.3 Å². The van der Waals surface area contributed by atoms with Gasteiger partial charge in [0.25, 0.3) is 0 Å². The Morgan fingerprint density at radius 3 is 2.88 bits per heavy atom. The van der Waals surface area contributed by atoms with Gasteiger partial charge in [0.15, 0.2) is 0 Å². The molecule has 4 heteroatoms. The topological polar surface area (TPSA) is 30.3 Å². The highest BCUT2D eigenvalue weighted by Crippen LogP contribution is 2.26. The average Bonchev–Trinajstić information content (AvgIpc) is 2.79. The molecule has 4 nitrogen and oxygen atoms in total. The van der Waals surface area contributed by atoms with Gasteiger partial charge in [0.2, 0.25) is 0 Å². The summed E-state index contributed by atoms with van der Waals surface area (Å²) in [5.74, 6) is 1.88. The first kappa shape index (κ1) is 12.6. The molecular weight excluding hydrogens is 214 g/mol. The van der Waals surface area contributed by atoms with E-state index < -0.39 is 0 Å². The van der Waals surface area contributed by atoms with Gasteiger partial charge in [-0.15, -0.1) is 0 Å². The normalized spacial score (nSPS) is 18.7. The molecule has 0 unspecified atom stereocenters. The lowest BCUT2D eigenvalue weighted by atomic mass is 9.96. The minimum atomic E-state index is 0.628. The summed E-state index contributed by atoms with van der Waals surface area (Å²) in [6.07, 6.45) is 6.44. The zero-order valence-corrected chi connectivity index (χ0v) is 10.9. The molecule has 1 saturated heterocycles. The summed E-state index contributed by atoms with van der Waals surface area (Å²) in [4.78, 5) is 6.93. The van der Waals surface area contributed by atoms with Gasteiger partial charge in [0.1, 0.15) is 5.82 Å². The summed E-state index contributed by atoms with van der Waals surface area (Å²) >= 11 is 0. The second-order valence-corrected chi connectivity index (χ2v) is 4.75. The largest absolute Gasteiger partial charge is 0.380 e. The quantitative estimate of drug-likeness (QED) is 0.731. The van der Waals surface area contributed by atoms with Crippen molar-refractivity contribution in [3.05, 3.63) is 18.2 Å². The fourth-order valence-corrected chi connectivity index (χ4v) is 2.44. The van der Waals surface area contributed by atoms with E-state index in [0.717, 1.165) is 19.8 Å². The summed E-state index contributed by atoms with van der Waals surface area (Å²) in [7, 11) is 2.19. The number of aromatic nitrogens is 2. The third kappa shape index (κ3) is 3.30. The maximum Gasteiger partial charge on any atom is 0.111 e. The molecule has 96 valence electrons. The standard InChI is InChI=1S/C13H23N3O/c1-3-17-11-10-16-9-6-14-13(16)12-4-7-15(2)8-5-12/h6,9,12H,3-5,7-8,10-11H2,1-2H3. The van der Waals surface area contributed by atoms with E-state index in [0.29, 0.717) is 5.92 Å². The molecule has 0 saturated carbocycles. The van der Waals surface area contributed by atoms with Crippen LogP contribution in [0.15, 0.2) is 12.4 Å². The number of nitrogens with zero attached hydrogens (tertiary/aromatic N) is 3. The number of hydrogen-bond donors (Lipinski definition) is 0. The summed E-state index contributed by atoms with van der Waals surface area (Å²) in [5.41, 5.74) is 0. The Hall–Kier alpha value is -0.870. The first-order valence-electron chi connectivity index (χ1n) is 6.58. The van der Waals surface area contributed by atoms with Crippen molar-refractivity contribution in [3.8, 4) is 0 Å². The highest BCUT2D eigenvalue weighted by Gasteiger charge is 2.21. The average molecular weight is 237 g/mol. The van der Waals surface area contributed by atoms with E-state index in [1.165, 1.54) is 31.8 Å². The van der Waals surface area contributed by atoms with Crippen molar-refractivity contribution in [1.29, 1.82) is 0 Å². The Labute approximate surface area is 104 Å².